The van der Waals surface area contributed by atoms with Crippen molar-refractivity contribution in [2.45, 2.75) is 24.6 Å². The summed E-state index contributed by atoms with van der Waals surface area (Å²) in [5, 5.41) is 2.39. The number of thioether (sulfide) groups is 1. The standard InChI is InChI=1S/C15H12ClFN2S2/c1-8-9(2)21-15-13(8)14(18-7-19-15)20-6-10-11(16)4-3-5-12(10)17/h3-5,7H,6H2,1-2H3. The van der Waals surface area contributed by atoms with Gasteiger partial charge in [0.1, 0.15) is 22.0 Å². The lowest BCUT2D eigenvalue weighted by Gasteiger charge is -2.06. The third-order valence-electron chi connectivity index (χ3n) is 3.35. The van der Waals surface area contributed by atoms with Crippen LogP contribution in [0.5, 0.6) is 0 Å². The van der Waals surface area contributed by atoms with Gasteiger partial charge in [0, 0.05) is 26.6 Å². The van der Waals surface area contributed by atoms with Crippen LogP contribution in [0.2, 0.25) is 5.02 Å². The minimum absolute atomic E-state index is 0.279. The van der Waals surface area contributed by atoms with E-state index in [1.54, 1.807) is 29.8 Å². The van der Waals surface area contributed by atoms with Gasteiger partial charge in [0.15, 0.2) is 0 Å². The third kappa shape index (κ3) is 2.78. The highest BCUT2D eigenvalue weighted by Gasteiger charge is 2.14. The Labute approximate surface area is 135 Å². The average molecular weight is 339 g/mol. The second kappa shape index (κ2) is 5.91. The number of fused-ring (bicyclic) bond motifs is 1. The molecule has 0 amide bonds. The van der Waals surface area contributed by atoms with E-state index >= 15 is 0 Å². The molecular formula is C15H12ClFN2S2. The summed E-state index contributed by atoms with van der Waals surface area (Å²) < 4.78 is 13.8. The van der Waals surface area contributed by atoms with E-state index in [9.17, 15) is 4.39 Å². The van der Waals surface area contributed by atoms with Gasteiger partial charge in [-0.3, -0.25) is 0 Å². The highest BCUT2D eigenvalue weighted by Crippen LogP contribution is 2.36. The summed E-state index contributed by atoms with van der Waals surface area (Å²) in [6, 6.07) is 4.74. The van der Waals surface area contributed by atoms with Crippen LogP contribution in [-0.4, -0.2) is 9.97 Å². The summed E-state index contributed by atoms with van der Waals surface area (Å²) in [6.45, 7) is 4.14. The molecule has 0 bridgehead atoms. The molecule has 1 aromatic carbocycles. The van der Waals surface area contributed by atoms with Crippen LogP contribution < -0.4 is 0 Å². The fourth-order valence-corrected chi connectivity index (χ4v) is 4.53. The van der Waals surface area contributed by atoms with E-state index in [-0.39, 0.29) is 5.82 Å². The minimum atomic E-state index is -0.279. The van der Waals surface area contributed by atoms with Crippen molar-refractivity contribution < 1.29 is 4.39 Å². The summed E-state index contributed by atoms with van der Waals surface area (Å²) in [6.07, 6.45) is 1.56. The fourth-order valence-electron chi connectivity index (χ4n) is 2.07. The molecular weight excluding hydrogens is 327 g/mol. The summed E-state index contributed by atoms with van der Waals surface area (Å²) in [5.74, 6) is 0.171. The third-order valence-corrected chi connectivity index (χ3v) is 5.83. The summed E-state index contributed by atoms with van der Waals surface area (Å²) in [7, 11) is 0. The summed E-state index contributed by atoms with van der Waals surface area (Å²) >= 11 is 9.21. The van der Waals surface area contributed by atoms with Crippen LogP contribution in [0.3, 0.4) is 0 Å². The Morgan fingerprint density at radius 1 is 1.29 bits per heavy atom. The first-order chi connectivity index (χ1) is 10.1. The molecule has 0 atom stereocenters. The Balaban J connectivity index is 1.96. The van der Waals surface area contributed by atoms with Crippen molar-refractivity contribution in [1.29, 1.82) is 0 Å². The van der Waals surface area contributed by atoms with Gasteiger partial charge in [-0.15, -0.1) is 23.1 Å². The van der Waals surface area contributed by atoms with Crippen LogP contribution in [0, 0.1) is 19.7 Å². The zero-order valence-corrected chi connectivity index (χ0v) is 13.9. The molecule has 0 fully saturated rings. The molecule has 0 spiro atoms. The molecule has 0 saturated heterocycles. The fraction of sp³-hybridized carbons (Fsp3) is 0.200. The maximum atomic E-state index is 13.8. The summed E-state index contributed by atoms with van der Waals surface area (Å²) in [5.41, 5.74) is 1.71. The molecule has 0 aliphatic rings. The monoisotopic (exact) mass is 338 g/mol. The number of rotatable bonds is 3. The topological polar surface area (TPSA) is 25.8 Å². The maximum absolute atomic E-state index is 13.8. The van der Waals surface area contributed by atoms with Crippen molar-refractivity contribution in [3.63, 3.8) is 0 Å². The second-order valence-electron chi connectivity index (χ2n) is 4.63. The Morgan fingerprint density at radius 3 is 2.86 bits per heavy atom. The Bertz CT molecular complexity index is 797. The van der Waals surface area contributed by atoms with Crippen LogP contribution in [0.4, 0.5) is 4.39 Å². The van der Waals surface area contributed by atoms with E-state index in [4.69, 9.17) is 11.6 Å². The largest absolute Gasteiger partial charge is 0.229 e. The van der Waals surface area contributed by atoms with Crippen LogP contribution >= 0.6 is 34.7 Å². The Kier molecular flexibility index (Phi) is 4.15. The molecule has 3 rings (SSSR count). The molecule has 0 aliphatic heterocycles. The lowest BCUT2D eigenvalue weighted by atomic mass is 10.2. The van der Waals surface area contributed by atoms with Gasteiger partial charge >= 0.3 is 0 Å². The van der Waals surface area contributed by atoms with E-state index in [2.05, 4.69) is 23.8 Å². The SMILES string of the molecule is Cc1sc2ncnc(SCc3c(F)cccc3Cl)c2c1C. The lowest BCUT2D eigenvalue weighted by molar-refractivity contribution is 0.617. The number of hydrogen-bond acceptors (Lipinski definition) is 4. The van der Waals surface area contributed by atoms with Crippen LogP contribution in [0.1, 0.15) is 16.0 Å². The smallest absolute Gasteiger partial charge is 0.128 e. The number of aromatic nitrogens is 2. The zero-order chi connectivity index (χ0) is 15.0. The van der Waals surface area contributed by atoms with Gasteiger partial charge in [0.2, 0.25) is 0 Å². The van der Waals surface area contributed by atoms with Gasteiger partial charge in [0.25, 0.3) is 0 Å². The summed E-state index contributed by atoms with van der Waals surface area (Å²) in [4.78, 5) is 10.9. The Hall–Kier alpha value is -1.17. The average Bonchev–Trinajstić information content (AvgIpc) is 2.74. The van der Waals surface area contributed by atoms with Gasteiger partial charge in [-0.1, -0.05) is 17.7 Å². The van der Waals surface area contributed by atoms with E-state index in [0.29, 0.717) is 16.3 Å². The van der Waals surface area contributed by atoms with Crippen molar-refractivity contribution in [3.05, 3.63) is 51.4 Å². The molecule has 108 valence electrons. The zero-order valence-electron chi connectivity index (χ0n) is 11.5. The molecule has 2 nitrogen and oxygen atoms in total. The van der Waals surface area contributed by atoms with Crippen molar-refractivity contribution >= 4 is 44.9 Å². The second-order valence-corrected chi connectivity index (χ2v) is 7.21. The number of aryl methyl sites for hydroxylation is 2. The molecule has 0 aliphatic carbocycles. The molecule has 3 aromatic rings. The highest BCUT2D eigenvalue weighted by atomic mass is 35.5. The van der Waals surface area contributed by atoms with Gasteiger partial charge in [-0.05, 0) is 31.5 Å². The quantitative estimate of drug-likeness (QED) is 0.473. The van der Waals surface area contributed by atoms with Crippen molar-refractivity contribution in [1.82, 2.24) is 9.97 Å². The van der Waals surface area contributed by atoms with Crippen molar-refractivity contribution in [2.24, 2.45) is 0 Å². The van der Waals surface area contributed by atoms with Gasteiger partial charge in [-0.25, -0.2) is 14.4 Å². The first-order valence-corrected chi connectivity index (χ1v) is 8.52. The van der Waals surface area contributed by atoms with E-state index in [1.807, 2.05) is 0 Å². The maximum Gasteiger partial charge on any atom is 0.128 e. The lowest BCUT2D eigenvalue weighted by Crippen LogP contribution is -1.91. The molecule has 0 saturated carbocycles. The number of hydrogen-bond donors (Lipinski definition) is 0. The van der Waals surface area contributed by atoms with E-state index in [0.717, 1.165) is 15.2 Å². The van der Waals surface area contributed by atoms with Gasteiger partial charge < -0.3 is 0 Å². The van der Waals surface area contributed by atoms with Gasteiger partial charge in [0.05, 0.1) is 0 Å². The number of thiophene rings is 1. The van der Waals surface area contributed by atoms with E-state index < -0.39 is 0 Å². The molecule has 6 heteroatoms. The molecule has 21 heavy (non-hydrogen) atoms. The number of nitrogens with zero attached hydrogens (tertiary/aromatic N) is 2. The predicted molar refractivity (Wildman–Crippen MR) is 87.9 cm³/mol. The normalized spacial score (nSPS) is 11.2. The predicted octanol–water partition coefficient (Wildman–Crippen LogP) is 5.39. The minimum Gasteiger partial charge on any atom is -0.229 e. The first kappa shape index (κ1) is 14.8. The Morgan fingerprint density at radius 2 is 2.10 bits per heavy atom. The van der Waals surface area contributed by atoms with Crippen LogP contribution in [0.15, 0.2) is 29.6 Å². The highest BCUT2D eigenvalue weighted by molar-refractivity contribution is 7.98. The van der Waals surface area contributed by atoms with E-state index in [1.165, 1.54) is 28.3 Å². The van der Waals surface area contributed by atoms with Crippen LogP contribution in [-0.2, 0) is 5.75 Å². The number of halogens is 2. The molecule has 0 radical (unpaired) electrons. The molecule has 0 N–H and O–H groups in total. The molecule has 0 unspecified atom stereocenters. The van der Waals surface area contributed by atoms with Crippen molar-refractivity contribution in [3.8, 4) is 0 Å². The van der Waals surface area contributed by atoms with Crippen molar-refractivity contribution in [2.75, 3.05) is 0 Å². The van der Waals surface area contributed by atoms with Crippen LogP contribution in [0.25, 0.3) is 10.2 Å². The number of benzene rings is 1. The molecule has 2 heterocycles. The molecule has 2 aromatic heterocycles. The first-order valence-electron chi connectivity index (χ1n) is 6.34. The van der Waals surface area contributed by atoms with Gasteiger partial charge in [-0.2, -0.15) is 0 Å².